The van der Waals surface area contributed by atoms with Crippen LogP contribution in [0.2, 0.25) is 0 Å². The van der Waals surface area contributed by atoms with Crippen molar-refractivity contribution < 1.29 is 23.1 Å². The summed E-state index contributed by atoms with van der Waals surface area (Å²) in [6.07, 6.45) is -6.22. The van der Waals surface area contributed by atoms with Crippen LogP contribution in [-0.4, -0.2) is 23.1 Å². The third-order valence-corrected chi connectivity index (χ3v) is 1.11. The minimum atomic E-state index is -4.62. The largest absolute Gasteiger partial charge is 0.481 e. The minimum Gasteiger partial charge on any atom is -0.481 e. The lowest BCUT2D eigenvalue weighted by Crippen LogP contribution is -2.33. The molecule has 0 aromatic heterocycles. The Hall–Kier alpha value is -1.27. The van der Waals surface area contributed by atoms with Crippen LogP contribution in [0.5, 0.6) is 0 Å². The molecule has 4 N–H and O–H groups in total. The van der Waals surface area contributed by atoms with Crippen LogP contribution in [0.3, 0.4) is 0 Å². The number of aliphatic carboxylic acids is 1. The van der Waals surface area contributed by atoms with Crippen LogP contribution < -0.4 is 5.73 Å². The molecule has 0 bridgehead atoms. The fraction of sp³-hybridized carbons (Fsp3) is 0.600. The number of halogens is 3. The fourth-order valence-electron chi connectivity index (χ4n) is 0.562. The van der Waals surface area contributed by atoms with Gasteiger partial charge in [-0.25, -0.2) is 0 Å². The normalized spacial score (nSPS) is 13.9. The standard InChI is InChI=1S/C5H7F3N2O2/c6-5(7,8)1-2(3(9)10)4(11)12/h2H,1H2,(H3,9,10)(H,11,12). The summed E-state index contributed by atoms with van der Waals surface area (Å²) in [5.74, 6) is -4.69. The van der Waals surface area contributed by atoms with E-state index in [1.165, 1.54) is 0 Å². The van der Waals surface area contributed by atoms with Gasteiger partial charge in [-0.2, -0.15) is 13.2 Å². The highest BCUT2D eigenvalue weighted by atomic mass is 19.4. The molecule has 0 fully saturated rings. The average molecular weight is 184 g/mol. The summed E-state index contributed by atoms with van der Waals surface area (Å²) in [5.41, 5.74) is 4.65. The smallest absolute Gasteiger partial charge is 0.390 e. The number of nitrogens with one attached hydrogen (secondary N) is 1. The second-order valence-electron chi connectivity index (χ2n) is 2.17. The molecule has 0 aliphatic heterocycles. The molecule has 0 aromatic carbocycles. The zero-order valence-corrected chi connectivity index (χ0v) is 5.85. The molecule has 0 aliphatic rings. The highest BCUT2D eigenvalue weighted by Gasteiger charge is 2.36. The van der Waals surface area contributed by atoms with Crippen molar-refractivity contribution in [2.24, 2.45) is 11.7 Å². The molecule has 0 saturated heterocycles. The molecule has 70 valence electrons. The van der Waals surface area contributed by atoms with E-state index in [1.54, 1.807) is 0 Å². The van der Waals surface area contributed by atoms with Crippen molar-refractivity contribution in [2.75, 3.05) is 0 Å². The fourth-order valence-corrected chi connectivity index (χ4v) is 0.562. The van der Waals surface area contributed by atoms with E-state index in [-0.39, 0.29) is 0 Å². The number of carboxylic acids is 1. The zero-order valence-electron chi connectivity index (χ0n) is 5.85. The van der Waals surface area contributed by atoms with Crippen LogP contribution in [0.25, 0.3) is 0 Å². The Morgan fingerprint density at radius 1 is 1.58 bits per heavy atom. The number of hydrogen-bond acceptors (Lipinski definition) is 2. The maximum absolute atomic E-state index is 11.6. The monoisotopic (exact) mass is 184 g/mol. The number of hydrogen-bond donors (Lipinski definition) is 3. The SMILES string of the molecule is N=C(N)C(CC(F)(F)F)C(=O)O. The maximum atomic E-state index is 11.6. The first-order chi connectivity index (χ1) is 5.24. The molecule has 12 heavy (non-hydrogen) atoms. The number of nitrogens with two attached hydrogens (primary N) is 1. The third kappa shape index (κ3) is 3.79. The quantitative estimate of drug-likeness (QED) is 0.442. The van der Waals surface area contributed by atoms with E-state index in [0.717, 1.165) is 0 Å². The number of alkyl halides is 3. The lowest BCUT2D eigenvalue weighted by atomic mass is 10.1. The second kappa shape index (κ2) is 3.42. The summed E-state index contributed by atoms with van der Waals surface area (Å²) in [6.45, 7) is 0. The van der Waals surface area contributed by atoms with Crippen LogP contribution in [0.4, 0.5) is 13.2 Å². The zero-order chi connectivity index (χ0) is 9.94. The molecular weight excluding hydrogens is 177 g/mol. The number of rotatable bonds is 3. The van der Waals surface area contributed by atoms with Crippen molar-refractivity contribution >= 4 is 11.8 Å². The van der Waals surface area contributed by atoms with E-state index >= 15 is 0 Å². The van der Waals surface area contributed by atoms with Gasteiger partial charge >= 0.3 is 12.1 Å². The maximum Gasteiger partial charge on any atom is 0.390 e. The first-order valence-electron chi connectivity index (χ1n) is 2.87. The molecule has 0 amide bonds. The van der Waals surface area contributed by atoms with Crippen LogP contribution in [-0.2, 0) is 4.79 Å². The van der Waals surface area contributed by atoms with Gasteiger partial charge in [-0.15, -0.1) is 0 Å². The molecule has 0 aliphatic carbocycles. The van der Waals surface area contributed by atoms with Gasteiger partial charge in [0.05, 0.1) is 6.42 Å². The van der Waals surface area contributed by atoms with E-state index in [2.05, 4.69) is 5.73 Å². The molecule has 1 unspecified atom stereocenters. The molecule has 0 rings (SSSR count). The van der Waals surface area contributed by atoms with Gasteiger partial charge in [0.15, 0.2) is 0 Å². The molecule has 0 saturated carbocycles. The molecule has 4 nitrogen and oxygen atoms in total. The number of carbonyl (C=O) groups is 1. The summed E-state index contributed by atoms with van der Waals surface area (Å²) in [7, 11) is 0. The Bertz CT molecular complexity index is 187. The third-order valence-electron chi connectivity index (χ3n) is 1.11. The van der Waals surface area contributed by atoms with Gasteiger partial charge < -0.3 is 10.8 Å². The van der Waals surface area contributed by atoms with E-state index in [0.29, 0.717) is 0 Å². The van der Waals surface area contributed by atoms with Gasteiger partial charge in [-0.05, 0) is 0 Å². The summed E-state index contributed by atoms with van der Waals surface area (Å²) in [4.78, 5) is 10.1. The summed E-state index contributed by atoms with van der Waals surface area (Å²) in [5, 5.41) is 14.7. The topological polar surface area (TPSA) is 87.2 Å². The second-order valence-corrected chi connectivity index (χ2v) is 2.17. The lowest BCUT2D eigenvalue weighted by Gasteiger charge is -2.12. The van der Waals surface area contributed by atoms with Crippen molar-refractivity contribution in [1.29, 1.82) is 5.41 Å². The van der Waals surface area contributed by atoms with Crippen molar-refractivity contribution in [3.05, 3.63) is 0 Å². The van der Waals surface area contributed by atoms with Crippen molar-refractivity contribution in [1.82, 2.24) is 0 Å². The van der Waals surface area contributed by atoms with Gasteiger partial charge in [0, 0.05) is 0 Å². The molecule has 7 heteroatoms. The van der Waals surface area contributed by atoms with Crippen LogP contribution >= 0.6 is 0 Å². The van der Waals surface area contributed by atoms with Crippen molar-refractivity contribution in [2.45, 2.75) is 12.6 Å². The molecule has 0 aromatic rings. The van der Waals surface area contributed by atoms with Crippen LogP contribution in [0.15, 0.2) is 0 Å². The molecular formula is C5H7F3N2O2. The van der Waals surface area contributed by atoms with E-state index < -0.39 is 30.3 Å². The van der Waals surface area contributed by atoms with Gasteiger partial charge in [-0.3, -0.25) is 10.2 Å². The number of amidine groups is 1. The van der Waals surface area contributed by atoms with Gasteiger partial charge in [0.1, 0.15) is 11.8 Å². The Kier molecular flexibility index (Phi) is 3.06. The predicted molar refractivity (Wildman–Crippen MR) is 33.7 cm³/mol. The predicted octanol–water partition coefficient (Wildman–Crippen LogP) is 0.576. The Balaban J connectivity index is 4.35. The summed E-state index contributed by atoms with van der Waals surface area (Å²) < 4.78 is 34.8. The van der Waals surface area contributed by atoms with Crippen LogP contribution in [0.1, 0.15) is 6.42 Å². The summed E-state index contributed by atoms with van der Waals surface area (Å²) >= 11 is 0. The molecule has 0 heterocycles. The Labute approximate surface area is 65.7 Å². The van der Waals surface area contributed by atoms with Gasteiger partial charge in [-0.1, -0.05) is 0 Å². The van der Waals surface area contributed by atoms with E-state index in [4.69, 9.17) is 10.5 Å². The van der Waals surface area contributed by atoms with Gasteiger partial charge in [0.25, 0.3) is 0 Å². The Morgan fingerprint density at radius 2 is 2.00 bits per heavy atom. The molecule has 0 spiro atoms. The van der Waals surface area contributed by atoms with E-state index in [9.17, 15) is 18.0 Å². The first-order valence-corrected chi connectivity index (χ1v) is 2.87. The highest BCUT2D eigenvalue weighted by Crippen LogP contribution is 2.24. The van der Waals surface area contributed by atoms with Gasteiger partial charge in [0.2, 0.25) is 0 Å². The average Bonchev–Trinajstić information content (AvgIpc) is 1.79. The van der Waals surface area contributed by atoms with Crippen LogP contribution in [0, 0.1) is 11.3 Å². The highest BCUT2D eigenvalue weighted by molar-refractivity contribution is 5.97. The van der Waals surface area contributed by atoms with E-state index in [1.807, 2.05) is 0 Å². The summed E-state index contributed by atoms with van der Waals surface area (Å²) in [6, 6.07) is 0. The number of carboxylic acid groups (broad SMARTS) is 1. The molecule has 1 atom stereocenters. The first kappa shape index (κ1) is 10.7. The van der Waals surface area contributed by atoms with Crippen molar-refractivity contribution in [3.8, 4) is 0 Å². The van der Waals surface area contributed by atoms with Crippen molar-refractivity contribution in [3.63, 3.8) is 0 Å². The molecule has 0 radical (unpaired) electrons. The minimum absolute atomic E-state index is 0.986. The lowest BCUT2D eigenvalue weighted by molar-refractivity contribution is -0.158. The Morgan fingerprint density at radius 3 is 2.08 bits per heavy atom.